The van der Waals surface area contributed by atoms with Gasteiger partial charge in [0.2, 0.25) is 11.7 Å². The number of aromatic nitrogens is 4. The number of rotatable bonds is 5. The third-order valence-corrected chi connectivity index (χ3v) is 4.18. The summed E-state index contributed by atoms with van der Waals surface area (Å²) < 4.78 is 12.8. The quantitative estimate of drug-likeness (QED) is 0.557. The number of aryl methyl sites for hydroxylation is 1. The topological polar surface area (TPSA) is 66.0 Å². The van der Waals surface area contributed by atoms with E-state index in [0.29, 0.717) is 18.1 Å². The fourth-order valence-electron chi connectivity index (χ4n) is 2.86. The minimum atomic E-state index is 0.566. The molecule has 0 aliphatic heterocycles. The van der Waals surface area contributed by atoms with Gasteiger partial charge < -0.3 is 13.8 Å². The number of benzene rings is 2. The van der Waals surface area contributed by atoms with Crippen molar-refractivity contribution in [2.45, 2.75) is 19.9 Å². The molecule has 0 unspecified atom stereocenters. The van der Waals surface area contributed by atoms with Gasteiger partial charge in [-0.15, -0.1) is 0 Å². The van der Waals surface area contributed by atoms with E-state index >= 15 is 0 Å². The minimum absolute atomic E-state index is 0.566. The fourth-order valence-corrected chi connectivity index (χ4v) is 2.86. The molecule has 0 aliphatic rings. The predicted molar refractivity (Wildman–Crippen MR) is 94.5 cm³/mol. The average Bonchev–Trinajstić information content (AvgIpc) is 3.28. The van der Waals surface area contributed by atoms with E-state index < -0.39 is 0 Å². The minimum Gasteiger partial charge on any atom is -0.497 e. The molecule has 0 atom stereocenters. The lowest BCUT2D eigenvalue weighted by atomic mass is 10.1. The van der Waals surface area contributed by atoms with Gasteiger partial charge in [0.25, 0.3) is 0 Å². The molecule has 6 nitrogen and oxygen atoms in total. The summed E-state index contributed by atoms with van der Waals surface area (Å²) >= 11 is 0. The SMILES string of the molecule is CCn1cnc2cc(-c3noc(Cc4cccc(OC)c4)n3)ccc21. The molecule has 0 saturated heterocycles. The Kier molecular flexibility index (Phi) is 3.93. The van der Waals surface area contributed by atoms with E-state index in [1.807, 2.05) is 48.8 Å². The molecule has 0 bridgehead atoms. The first-order valence-electron chi connectivity index (χ1n) is 8.17. The fraction of sp³-hybridized carbons (Fsp3) is 0.211. The monoisotopic (exact) mass is 334 g/mol. The van der Waals surface area contributed by atoms with Gasteiger partial charge in [-0.3, -0.25) is 0 Å². The van der Waals surface area contributed by atoms with Gasteiger partial charge >= 0.3 is 0 Å². The van der Waals surface area contributed by atoms with Crippen LogP contribution in [-0.2, 0) is 13.0 Å². The summed E-state index contributed by atoms with van der Waals surface area (Å²) in [6.07, 6.45) is 2.41. The van der Waals surface area contributed by atoms with Crippen LogP contribution in [0.2, 0.25) is 0 Å². The van der Waals surface area contributed by atoms with Crippen molar-refractivity contribution in [1.29, 1.82) is 0 Å². The predicted octanol–water partition coefficient (Wildman–Crippen LogP) is 3.71. The van der Waals surface area contributed by atoms with Crippen LogP contribution in [0.25, 0.3) is 22.4 Å². The van der Waals surface area contributed by atoms with Gasteiger partial charge in [0.1, 0.15) is 5.75 Å². The van der Waals surface area contributed by atoms with Crippen LogP contribution in [0, 0.1) is 0 Å². The van der Waals surface area contributed by atoms with E-state index in [-0.39, 0.29) is 0 Å². The molecule has 0 radical (unpaired) electrons. The van der Waals surface area contributed by atoms with Gasteiger partial charge in [-0.05, 0) is 42.8 Å². The summed E-state index contributed by atoms with van der Waals surface area (Å²) in [5.74, 6) is 1.96. The molecule has 2 aromatic carbocycles. The highest BCUT2D eigenvalue weighted by atomic mass is 16.5. The summed E-state index contributed by atoms with van der Waals surface area (Å²) in [7, 11) is 1.65. The van der Waals surface area contributed by atoms with Crippen molar-refractivity contribution in [1.82, 2.24) is 19.7 Å². The zero-order valence-corrected chi connectivity index (χ0v) is 14.1. The van der Waals surface area contributed by atoms with Gasteiger partial charge in [0.15, 0.2) is 0 Å². The molecular formula is C19H18N4O2. The van der Waals surface area contributed by atoms with E-state index in [0.717, 1.165) is 34.5 Å². The number of nitrogens with zero attached hydrogens (tertiary/aromatic N) is 4. The van der Waals surface area contributed by atoms with Crippen molar-refractivity contribution >= 4 is 11.0 Å². The molecule has 0 fully saturated rings. The molecule has 6 heteroatoms. The van der Waals surface area contributed by atoms with Crippen molar-refractivity contribution in [3.05, 3.63) is 60.2 Å². The number of imidazole rings is 1. The molecule has 0 amide bonds. The van der Waals surface area contributed by atoms with Crippen LogP contribution in [0.1, 0.15) is 18.4 Å². The molecule has 0 saturated carbocycles. The van der Waals surface area contributed by atoms with Crippen LogP contribution in [0.3, 0.4) is 0 Å². The molecule has 0 N–H and O–H groups in total. The molecule has 4 aromatic rings. The third kappa shape index (κ3) is 2.98. The second kappa shape index (κ2) is 6.39. The van der Waals surface area contributed by atoms with Crippen LogP contribution in [0.5, 0.6) is 5.75 Å². The van der Waals surface area contributed by atoms with Crippen molar-refractivity contribution < 1.29 is 9.26 Å². The van der Waals surface area contributed by atoms with Gasteiger partial charge in [-0.2, -0.15) is 4.98 Å². The molecule has 2 heterocycles. The Bertz CT molecular complexity index is 1020. The number of hydrogen-bond acceptors (Lipinski definition) is 5. The van der Waals surface area contributed by atoms with E-state index in [1.165, 1.54) is 0 Å². The van der Waals surface area contributed by atoms with E-state index in [2.05, 4.69) is 26.6 Å². The Morgan fingerprint density at radius 3 is 2.92 bits per heavy atom. The number of ether oxygens (including phenoxy) is 1. The summed E-state index contributed by atoms with van der Waals surface area (Å²) in [5.41, 5.74) is 3.99. The third-order valence-electron chi connectivity index (χ3n) is 4.18. The maximum Gasteiger partial charge on any atom is 0.231 e. The molecular weight excluding hydrogens is 316 g/mol. The first-order valence-corrected chi connectivity index (χ1v) is 8.17. The van der Waals surface area contributed by atoms with Gasteiger partial charge in [-0.1, -0.05) is 17.3 Å². The summed E-state index contributed by atoms with van der Waals surface area (Å²) in [5, 5.41) is 4.11. The van der Waals surface area contributed by atoms with Crippen molar-refractivity contribution in [3.8, 4) is 17.1 Å². The van der Waals surface area contributed by atoms with Crippen molar-refractivity contribution in [2.75, 3.05) is 7.11 Å². The summed E-state index contributed by atoms with van der Waals surface area (Å²) in [6.45, 7) is 2.99. The Balaban J connectivity index is 1.60. The van der Waals surface area contributed by atoms with E-state index in [9.17, 15) is 0 Å². The Hall–Kier alpha value is -3.15. The average molecular weight is 334 g/mol. The smallest absolute Gasteiger partial charge is 0.231 e. The number of hydrogen-bond donors (Lipinski definition) is 0. The molecule has 4 rings (SSSR count). The van der Waals surface area contributed by atoms with Gasteiger partial charge in [-0.25, -0.2) is 4.98 Å². The van der Waals surface area contributed by atoms with Crippen molar-refractivity contribution in [2.24, 2.45) is 0 Å². The highest BCUT2D eigenvalue weighted by molar-refractivity contribution is 5.80. The highest BCUT2D eigenvalue weighted by Crippen LogP contribution is 2.23. The second-order valence-corrected chi connectivity index (χ2v) is 5.77. The zero-order chi connectivity index (χ0) is 17.2. The van der Waals surface area contributed by atoms with Crippen LogP contribution in [0.4, 0.5) is 0 Å². The van der Waals surface area contributed by atoms with E-state index in [1.54, 1.807) is 7.11 Å². The molecule has 126 valence electrons. The summed E-state index contributed by atoms with van der Waals surface area (Å²) in [4.78, 5) is 8.94. The lowest BCUT2D eigenvalue weighted by Crippen LogP contribution is -1.91. The standard InChI is InChI=1S/C19H18N4O2/c1-3-23-12-20-16-11-14(7-8-17(16)23)19-21-18(25-22-19)10-13-5-4-6-15(9-13)24-2/h4-9,11-12H,3,10H2,1-2H3. The number of fused-ring (bicyclic) bond motifs is 1. The highest BCUT2D eigenvalue weighted by Gasteiger charge is 2.11. The van der Waals surface area contributed by atoms with Crippen molar-refractivity contribution in [3.63, 3.8) is 0 Å². The molecule has 25 heavy (non-hydrogen) atoms. The molecule has 0 spiro atoms. The summed E-state index contributed by atoms with van der Waals surface area (Å²) in [6, 6.07) is 13.9. The maximum atomic E-state index is 5.41. The lowest BCUT2D eigenvalue weighted by molar-refractivity contribution is 0.385. The molecule has 2 aromatic heterocycles. The van der Waals surface area contributed by atoms with Crippen LogP contribution < -0.4 is 4.74 Å². The first-order chi connectivity index (χ1) is 12.3. The zero-order valence-electron chi connectivity index (χ0n) is 14.1. The van der Waals surface area contributed by atoms with Gasteiger partial charge in [0, 0.05) is 12.1 Å². The Morgan fingerprint density at radius 2 is 2.08 bits per heavy atom. The van der Waals surface area contributed by atoms with Gasteiger partial charge in [0.05, 0.1) is 30.9 Å². The maximum absolute atomic E-state index is 5.41. The van der Waals surface area contributed by atoms with Crippen LogP contribution in [-0.4, -0.2) is 26.8 Å². The largest absolute Gasteiger partial charge is 0.497 e. The normalized spacial score (nSPS) is 11.1. The Labute approximate surface area is 145 Å². The lowest BCUT2D eigenvalue weighted by Gasteiger charge is -2.01. The Morgan fingerprint density at radius 1 is 1.16 bits per heavy atom. The molecule has 0 aliphatic carbocycles. The van der Waals surface area contributed by atoms with E-state index in [4.69, 9.17) is 9.26 Å². The second-order valence-electron chi connectivity index (χ2n) is 5.77. The first kappa shape index (κ1) is 15.4. The number of methoxy groups -OCH3 is 1. The van der Waals surface area contributed by atoms with Crippen LogP contribution >= 0.6 is 0 Å². The van der Waals surface area contributed by atoms with Crippen LogP contribution in [0.15, 0.2) is 53.3 Å².